The molecule has 0 radical (unpaired) electrons. The summed E-state index contributed by atoms with van der Waals surface area (Å²) in [5, 5.41) is 17.2. The molecule has 13 aromatic carbocycles. The van der Waals surface area contributed by atoms with Crippen LogP contribution in [-0.2, 0) is 0 Å². The zero-order chi connectivity index (χ0) is 44.0. The van der Waals surface area contributed by atoms with Crippen molar-refractivity contribution < 1.29 is 4.42 Å². The molecule has 0 saturated carbocycles. The summed E-state index contributed by atoms with van der Waals surface area (Å²) in [6.45, 7) is 0. The summed E-state index contributed by atoms with van der Waals surface area (Å²) in [5.41, 5.74) is 14.2. The van der Waals surface area contributed by atoms with E-state index in [1.807, 2.05) is 6.07 Å². The van der Waals surface area contributed by atoms with Gasteiger partial charge in [0.05, 0.1) is 0 Å². The molecule has 14 rings (SSSR count). The molecule has 1 heteroatoms. The fourth-order valence-electron chi connectivity index (χ4n) is 11.3. The van der Waals surface area contributed by atoms with E-state index in [0.717, 1.165) is 21.9 Å². The number of para-hydroxylation sites is 1. The summed E-state index contributed by atoms with van der Waals surface area (Å²) in [4.78, 5) is 0. The lowest BCUT2D eigenvalue weighted by molar-refractivity contribution is 0.669. The average Bonchev–Trinajstić information content (AvgIpc) is 3.77. The fraction of sp³-hybridized carbons (Fsp3) is 0. The lowest BCUT2D eigenvalue weighted by Gasteiger charge is -2.19. The van der Waals surface area contributed by atoms with Gasteiger partial charge in [-0.1, -0.05) is 212 Å². The first-order valence-corrected chi connectivity index (χ1v) is 23.2. The molecule has 0 spiro atoms. The second-order valence-corrected chi connectivity index (χ2v) is 17.8. The Morgan fingerprint density at radius 1 is 0.194 bits per heavy atom. The maximum Gasteiger partial charge on any atom is 0.135 e. The van der Waals surface area contributed by atoms with Crippen LogP contribution in [0.15, 0.2) is 247 Å². The van der Waals surface area contributed by atoms with Crippen LogP contribution >= 0.6 is 0 Å². The van der Waals surface area contributed by atoms with Crippen LogP contribution in [0.25, 0.3) is 142 Å². The molecule has 0 aliphatic rings. The predicted octanol–water partition coefficient (Wildman–Crippen LogP) is 18.8. The van der Waals surface area contributed by atoms with E-state index in [1.165, 1.54) is 120 Å². The van der Waals surface area contributed by atoms with Crippen LogP contribution in [0.3, 0.4) is 0 Å². The molecule has 0 unspecified atom stereocenters. The third-order valence-corrected chi connectivity index (χ3v) is 14.2. The molecule has 0 fully saturated rings. The van der Waals surface area contributed by atoms with Gasteiger partial charge in [-0.05, 0) is 151 Å². The summed E-state index contributed by atoms with van der Waals surface area (Å²) < 4.78 is 6.25. The third-order valence-electron chi connectivity index (χ3n) is 14.2. The van der Waals surface area contributed by atoms with Crippen molar-refractivity contribution in [2.45, 2.75) is 0 Å². The normalized spacial score (nSPS) is 11.9. The fourth-order valence-corrected chi connectivity index (χ4v) is 11.3. The van der Waals surface area contributed by atoms with Crippen molar-refractivity contribution >= 4 is 86.6 Å². The molecule has 1 nitrogen and oxygen atoms in total. The van der Waals surface area contributed by atoms with Gasteiger partial charge in [-0.3, -0.25) is 0 Å². The number of hydrogen-bond acceptors (Lipinski definition) is 1. The van der Waals surface area contributed by atoms with E-state index in [9.17, 15) is 0 Å². The molecule has 310 valence electrons. The predicted molar refractivity (Wildman–Crippen MR) is 286 cm³/mol. The molecule has 0 amide bonds. The van der Waals surface area contributed by atoms with Gasteiger partial charge in [0.15, 0.2) is 0 Å². The Labute approximate surface area is 387 Å². The van der Waals surface area contributed by atoms with E-state index in [2.05, 4.69) is 237 Å². The summed E-state index contributed by atoms with van der Waals surface area (Å²) in [6.07, 6.45) is 0. The van der Waals surface area contributed by atoms with E-state index >= 15 is 0 Å². The minimum atomic E-state index is 0.909. The van der Waals surface area contributed by atoms with E-state index in [4.69, 9.17) is 4.42 Å². The standard InChI is InChI=1S/C66H40O/c1-2-16-41(17-3-1)63-52-21-4-8-25-56(52)65(57-26-9-5-22-53(57)63)50-29-14-18-44-38-42(32-35-47(44)50)43-33-36-48-45(39-43)19-15-30-51(48)66-58-27-10-6-23-54(58)64(55-24-7-11-28-59(55)66)46-34-37-62-60(40-46)49-20-12-13-31-61(49)67-62/h1-40H. The number of furan rings is 1. The summed E-state index contributed by atoms with van der Waals surface area (Å²) in [6, 6.07) is 89.1. The highest BCUT2D eigenvalue weighted by Gasteiger charge is 2.21. The smallest absolute Gasteiger partial charge is 0.135 e. The van der Waals surface area contributed by atoms with Crippen LogP contribution in [0.2, 0.25) is 0 Å². The molecule has 0 atom stereocenters. The quantitative estimate of drug-likeness (QED) is 0.157. The van der Waals surface area contributed by atoms with Crippen molar-refractivity contribution in [3.05, 3.63) is 243 Å². The second-order valence-electron chi connectivity index (χ2n) is 17.8. The van der Waals surface area contributed by atoms with E-state index < -0.39 is 0 Å². The Kier molecular flexibility index (Phi) is 8.35. The van der Waals surface area contributed by atoms with Crippen LogP contribution < -0.4 is 0 Å². The van der Waals surface area contributed by atoms with Crippen LogP contribution in [0, 0.1) is 0 Å². The average molecular weight is 849 g/mol. The van der Waals surface area contributed by atoms with Crippen LogP contribution in [0.5, 0.6) is 0 Å². The van der Waals surface area contributed by atoms with E-state index in [1.54, 1.807) is 0 Å². The highest BCUT2D eigenvalue weighted by molar-refractivity contribution is 6.25. The monoisotopic (exact) mass is 848 g/mol. The van der Waals surface area contributed by atoms with Crippen molar-refractivity contribution in [1.82, 2.24) is 0 Å². The van der Waals surface area contributed by atoms with Crippen LogP contribution in [0.4, 0.5) is 0 Å². The van der Waals surface area contributed by atoms with Gasteiger partial charge < -0.3 is 4.42 Å². The van der Waals surface area contributed by atoms with Crippen molar-refractivity contribution in [3.63, 3.8) is 0 Å². The second kappa shape index (κ2) is 14.9. The van der Waals surface area contributed by atoms with Gasteiger partial charge in [0, 0.05) is 10.8 Å². The number of fused-ring (bicyclic) bond motifs is 9. The van der Waals surface area contributed by atoms with Crippen molar-refractivity contribution in [2.24, 2.45) is 0 Å². The number of benzene rings is 13. The first-order chi connectivity index (χ1) is 33.2. The van der Waals surface area contributed by atoms with Gasteiger partial charge >= 0.3 is 0 Å². The van der Waals surface area contributed by atoms with Gasteiger partial charge in [-0.25, -0.2) is 0 Å². The summed E-state index contributed by atoms with van der Waals surface area (Å²) >= 11 is 0. The molecular formula is C66H40O. The summed E-state index contributed by atoms with van der Waals surface area (Å²) in [7, 11) is 0. The highest BCUT2D eigenvalue weighted by atomic mass is 16.3. The number of hydrogen-bond donors (Lipinski definition) is 0. The maximum atomic E-state index is 6.25. The first-order valence-electron chi connectivity index (χ1n) is 23.2. The molecule has 0 N–H and O–H groups in total. The highest BCUT2D eigenvalue weighted by Crippen LogP contribution is 2.48. The largest absolute Gasteiger partial charge is 0.456 e. The topological polar surface area (TPSA) is 13.1 Å². The molecule has 67 heavy (non-hydrogen) atoms. The number of rotatable bonds is 5. The summed E-state index contributed by atoms with van der Waals surface area (Å²) in [5.74, 6) is 0. The third kappa shape index (κ3) is 5.81. The molecule has 14 aromatic rings. The molecule has 0 aliphatic heterocycles. The SMILES string of the molecule is c1ccc(-c2c3ccccc3c(-c3cccc4cc(-c5ccc6c(-c7c8ccccc8c(-c8ccc9oc%10ccccc%10c9c8)c8ccccc78)cccc6c5)ccc34)c3ccccc23)cc1. The minimum absolute atomic E-state index is 0.909. The van der Waals surface area contributed by atoms with Crippen molar-refractivity contribution in [3.8, 4) is 55.6 Å². The van der Waals surface area contributed by atoms with Crippen molar-refractivity contribution in [2.75, 3.05) is 0 Å². The van der Waals surface area contributed by atoms with Gasteiger partial charge in [0.2, 0.25) is 0 Å². The lowest BCUT2D eigenvalue weighted by Crippen LogP contribution is -1.92. The van der Waals surface area contributed by atoms with E-state index in [-0.39, 0.29) is 0 Å². The molecule has 1 aromatic heterocycles. The molecular weight excluding hydrogens is 809 g/mol. The molecule has 1 heterocycles. The van der Waals surface area contributed by atoms with Crippen LogP contribution in [0.1, 0.15) is 0 Å². The molecule has 0 bridgehead atoms. The lowest BCUT2D eigenvalue weighted by atomic mass is 9.84. The Balaban J connectivity index is 0.905. The Bertz CT molecular complexity index is 4210. The van der Waals surface area contributed by atoms with Gasteiger partial charge in [-0.15, -0.1) is 0 Å². The van der Waals surface area contributed by atoms with Crippen molar-refractivity contribution in [1.29, 1.82) is 0 Å². The molecule has 0 aliphatic carbocycles. The zero-order valence-electron chi connectivity index (χ0n) is 36.5. The maximum absolute atomic E-state index is 6.25. The van der Waals surface area contributed by atoms with Gasteiger partial charge in [-0.2, -0.15) is 0 Å². The Hall–Kier alpha value is -8.78. The van der Waals surface area contributed by atoms with Gasteiger partial charge in [0.25, 0.3) is 0 Å². The Morgan fingerprint density at radius 2 is 0.582 bits per heavy atom. The Morgan fingerprint density at radius 3 is 1.07 bits per heavy atom. The minimum Gasteiger partial charge on any atom is -0.456 e. The first kappa shape index (κ1) is 37.6. The zero-order valence-corrected chi connectivity index (χ0v) is 36.5. The van der Waals surface area contributed by atoms with Gasteiger partial charge in [0.1, 0.15) is 11.2 Å². The van der Waals surface area contributed by atoms with Crippen LogP contribution in [-0.4, -0.2) is 0 Å². The van der Waals surface area contributed by atoms with E-state index in [0.29, 0.717) is 0 Å². The molecule has 0 saturated heterocycles.